The highest BCUT2D eigenvalue weighted by Gasteiger charge is 2.36. The molecule has 0 heterocycles. The third-order valence-corrected chi connectivity index (χ3v) is 3.34. The van der Waals surface area contributed by atoms with Gasteiger partial charge in [0.2, 0.25) is 0 Å². The van der Waals surface area contributed by atoms with E-state index in [1.807, 2.05) is 13.8 Å². The van der Waals surface area contributed by atoms with Gasteiger partial charge in [0, 0.05) is 0 Å². The molecule has 0 saturated heterocycles. The maximum absolute atomic E-state index is 11.9. The van der Waals surface area contributed by atoms with Gasteiger partial charge in [-0.3, -0.25) is 9.59 Å². The minimum atomic E-state index is -0.947. The fourth-order valence-corrected chi connectivity index (χ4v) is 1.30. The van der Waals surface area contributed by atoms with Crippen LogP contribution in [0.5, 0.6) is 0 Å². The molecule has 1 aliphatic rings. The standard InChI is InChI=1S/C13H20N2O3/c1-8(2)13(4,7-14)15-11(16)9(3)18-12(17)10-5-6-10/h8-10H,5-6H2,1-4H3,(H,15,16). The highest BCUT2D eigenvalue weighted by Crippen LogP contribution is 2.30. The molecule has 2 atom stereocenters. The van der Waals surface area contributed by atoms with Gasteiger partial charge in [0.15, 0.2) is 6.10 Å². The fraction of sp³-hybridized carbons (Fsp3) is 0.769. The number of nitrogens with one attached hydrogen (secondary N) is 1. The van der Waals surface area contributed by atoms with Crippen LogP contribution in [-0.2, 0) is 14.3 Å². The molecule has 0 aliphatic heterocycles. The number of amides is 1. The molecular weight excluding hydrogens is 232 g/mol. The van der Waals surface area contributed by atoms with E-state index in [-0.39, 0.29) is 17.8 Å². The maximum atomic E-state index is 11.9. The van der Waals surface area contributed by atoms with Crippen molar-refractivity contribution >= 4 is 11.9 Å². The fourth-order valence-electron chi connectivity index (χ4n) is 1.30. The number of esters is 1. The average molecular weight is 252 g/mol. The zero-order valence-corrected chi connectivity index (χ0v) is 11.3. The van der Waals surface area contributed by atoms with Crippen LogP contribution in [0.3, 0.4) is 0 Å². The summed E-state index contributed by atoms with van der Waals surface area (Å²) in [4.78, 5) is 23.3. The minimum absolute atomic E-state index is 0.0298. The Hall–Kier alpha value is -1.57. The summed E-state index contributed by atoms with van der Waals surface area (Å²) in [6.45, 7) is 6.88. The number of nitrogens with zero attached hydrogens (tertiary/aromatic N) is 1. The molecule has 2 unspecified atom stereocenters. The van der Waals surface area contributed by atoms with Crippen LogP contribution in [-0.4, -0.2) is 23.5 Å². The van der Waals surface area contributed by atoms with Crippen molar-refractivity contribution in [1.29, 1.82) is 5.26 Å². The molecule has 1 aliphatic carbocycles. The summed E-state index contributed by atoms with van der Waals surface area (Å²) in [5.41, 5.74) is -0.947. The molecule has 1 fully saturated rings. The SMILES string of the molecule is CC(OC(=O)C1CC1)C(=O)NC(C)(C#N)C(C)C. The Morgan fingerprint density at radius 2 is 1.94 bits per heavy atom. The van der Waals surface area contributed by atoms with Gasteiger partial charge in [-0.2, -0.15) is 5.26 Å². The van der Waals surface area contributed by atoms with Crippen molar-refractivity contribution in [1.82, 2.24) is 5.32 Å². The number of nitriles is 1. The van der Waals surface area contributed by atoms with Crippen LogP contribution in [0.2, 0.25) is 0 Å². The topological polar surface area (TPSA) is 79.2 Å². The van der Waals surface area contributed by atoms with Crippen molar-refractivity contribution in [3.63, 3.8) is 0 Å². The van der Waals surface area contributed by atoms with E-state index in [9.17, 15) is 9.59 Å². The molecule has 0 aromatic carbocycles. The molecule has 0 aromatic heterocycles. The molecule has 5 heteroatoms. The van der Waals surface area contributed by atoms with Crippen LogP contribution in [0, 0.1) is 23.2 Å². The van der Waals surface area contributed by atoms with Gasteiger partial charge < -0.3 is 10.1 Å². The third kappa shape index (κ3) is 3.46. The molecule has 18 heavy (non-hydrogen) atoms. The molecule has 1 amide bonds. The predicted molar refractivity (Wildman–Crippen MR) is 65.3 cm³/mol. The van der Waals surface area contributed by atoms with Crippen molar-refractivity contribution in [3.8, 4) is 6.07 Å². The summed E-state index contributed by atoms with van der Waals surface area (Å²) in [7, 11) is 0. The first kappa shape index (κ1) is 14.5. The van der Waals surface area contributed by atoms with Crippen LogP contribution in [0.15, 0.2) is 0 Å². The Labute approximate surface area is 107 Å². The van der Waals surface area contributed by atoms with Crippen molar-refractivity contribution in [2.45, 2.75) is 52.2 Å². The second-order valence-corrected chi connectivity index (χ2v) is 5.31. The molecule has 1 saturated carbocycles. The van der Waals surface area contributed by atoms with E-state index >= 15 is 0 Å². The van der Waals surface area contributed by atoms with Crippen molar-refractivity contribution in [2.75, 3.05) is 0 Å². The summed E-state index contributed by atoms with van der Waals surface area (Å²) in [6, 6.07) is 2.08. The second-order valence-electron chi connectivity index (χ2n) is 5.31. The smallest absolute Gasteiger partial charge is 0.309 e. The minimum Gasteiger partial charge on any atom is -0.452 e. The van der Waals surface area contributed by atoms with Crippen LogP contribution in [0.25, 0.3) is 0 Å². The maximum Gasteiger partial charge on any atom is 0.309 e. The van der Waals surface area contributed by atoms with E-state index in [0.29, 0.717) is 0 Å². The van der Waals surface area contributed by atoms with Gasteiger partial charge in [-0.25, -0.2) is 0 Å². The molecule has 1 rings (SSSR count). The Bertz CT molecular complexity index is 382. The molecule has 0 spiro atoms. The number of rotatable bonds is 5. The number of hydrogen-bond acceptors (Lipinski definition) is 4. The number of carbonyl (C=O) groups is 2. The van der Waals surface area contributed by atoms with E-state index in [0.717, 1.165) is 12.8 Å². The quantitative estimate of drug-likeness (QED) is 0.750. The van der Waals surface area contributed by atoms with Crippen LogP contribution >= 0.6 is 0 Å². The van der Waals surface area contributed by atoms with E-state index in [1.165, 1.54) is 6.92 Å². The van der Waals surface area contributed by atoms with E-state index in [2.05, 4.69) is 11.4 Å². The first-order valence-corrected chi connectivity index (χ1v) is 6.24. The highest BCUT2D eigenvalue weighted by atomic mass is 16.5. The Kier molecular flexibility index (Phi) is 4.33. The summed E-state index contributed by atoms with van der Waals surface area (Å²) in [6.07, 6.45) is 0.828. The summed E-state index contributed by atoms with van der Waals surface area (Å²) in [5, 5.41) is 11.7. The van der Waals surface area contributed by atoms with Crippen LogP contribution < -0.4 is 5.32 Å². The average Bonchev–Trinajstić information content (AvgIpc) is 3.11. The predicted octanol–water partition coefficient (Wildman–Crippen LogP) is 1.38. The zero-order valence-electron chi connectivity index (χ0n) is 11.3. The summed E-state index contributed by atoms with van der Waals surface area (Å²) in [5.74, 6) is -0.812. The first-order chi connectivity index (χ1) is 8.30. The van der Waals surface area contributed by atoms with Crippen molar-refractivity contribution in [3.05, 3.63) is 0 Å². The lowest BCUT2D eigenvalue weighted by Gasteiger charge is -2.28. The molecule has 5 nitrogen and oxygen atoms in total. The van der Waals surface area contributed by atoms with Gasteiger partial charge in [-0.1, -0.05) is 13.8 Å². The Morgan fingerprint density at radius 1 is 1.39 bits per heavy atom. The van der Waals surface area contributed by atoms with Gasteiger partial charge >= 0.3 is 5.97 Å². The van der Waals surface area contributed by atoms with Gasteiger partial charge in [0.05, 0.1) is 12.0 Å². The number of ether oxygens (including phenoxy) is 1. The van der Waals surface area contributed by atoms with E-state index in [4.69, 9.17) is 10.00 Å². The molecule has 0 aromatic rings. The third-order valence-electron chi connectivity index (χ3n) is 3.34. The Balaban J connectivity index is 2.53. The number of carbonyl (C=O) groups excluding carboxylic acids is 2. The van der Waals surface area contributed by atoms with Gasteiger partial charge in [0.25, 0.3) is 5.91 Å². The number of hydrogen-bond donors (Lipinski definition) is 1. The summed E-state index contributed by atoms with van der Waals surface area (Å²) >= 11 is 0. The normalized spacial score (nSPS) is 19.6. The van der Waals surface area contributed by atoms with Crippen LogP contribution in [0.4, 0.5) is 0 Å². The summed E-state index contributed by atoms with van der Waals surface area (Å²) < 4.78 is 5.05. The zero-order chi connectivity index (χ0) is 13.9. The molecule has 0 radical (unpaired) electrons. The molecule has 100 valence electrons. The van der Waals surface area contributed by atoms with Crippen LogP contribution in [0.1, 0.15) is 40.5 Å². The van der Waals surface area contributed by atoms with Gasteiger partial charge in [-0.05, 0) is 32.6 Å². The monoisotopic (exact) mass is 252 g/mol. The molecular formula is C13H20N2O3. The molecule has 1 N–H and O–H groups in total. The first-order valence-electron chi connectivity index (χ1n) is 6.24. The van der Waals surface area contributed by atoms with Crippen molar-refractivity contribution in [2.24, 2.45) is 11.8 Å². The van der Waals surface area contributed by atoms with Crippen molar-refractivity contribution < 1.29 is 14.3 Å². The largest absolute Gasteiger partial charge is 0.452 e. The lowest BCUT2D eigenvalue weighted by Crippen LogP contribution is -2.52. The van der Waals surface area contributed by atoms with Gasteiger partial charge in [-0.15, -0.1) is 0 Å². The second kappa shape index (κ2) is 5.38. The molecule has 0 bridgehead atoms. The lowest BCUT2D eigenvalue weighted by molar-refractivity contribution is -0.156. The van der Waals surface area contributed by atoms with E-state index in [1.54, 1.807) is 6.92 Å². The lowest BCUT2D eigenvalue weighted by atomic mass is 9.90. The van der Waals surface area contributed by atoms with Gasteiger partial charge in [0.1, 0.15) is 5.54 Å². The highest BCUT2D eigenvalue weighted by molar-refractivity contribution is 5.85. The van der Waals surface area contributed by atoms with E-state index < -0.39 is 17.6 Å². The Morgan fingerprint density at radius 3 is 2.33 bits per heavy atom.